The summed E-state index contributed by atoms with van der Waals surface area (Å²) in [6.07, 6.45) is -2.62. The number of carbonyl (C=O) groups excluding carboxylic acids is 2. The van der Waals surface area contributed by atoms with E-state index in [1.807, 2.05) is 0 Å². The fourth-order valence-corrected chi connectivity index (χ4v) is 7.56. The second-order valence-corrected chi connectivity index (χ2v) is 10.2. The fraction of sp³-hybridized carbons (Fsp3) is 0.696. The minimum absolute atomic E-state index is 0.117. The van der Waals surface area contributed by atoms with Gasteiger partial charge in [-0.15, -0.1) is 0 Å². The molecule has 0 aromatic rings. The Bertz CT molecular complexity index is 977. The van der Waals surface area contributed by atoms with E-state index < -0.39 is 94.1 Å². The summed E-state index contributed by atoms with van der Waals surface area (Å²) in [5.41, 5.74) is -8.50. The number of hydrogen-bond acceptors (Lipinski definition) is 5. The number of esters is 1. The molecule has 9 heteroatoms. The van der Waals surface area contributed by atoms with Crippen LogP contribution >= 0.6 is 0 Å². The maximum Gasteiger partial charge on any atom is 0.349 e. The van der Waals surface area contributed by atoms with Crippen molar-refractivity contribution >= 4 is 17.7 Å². The number of rotatable bonds is 2. The summed E-state index contributed by atoms with van der Waals surface area (Å²) in [5, 5.41) is 21.3. The topological polar surface area (TPSA) is 101 Å². The first kappa shape index (κ1) is 23.0. The van der Waals surface area contributed by atoms with Gasteiger partial charge >= 0.3 is 11.9 Å². The standard InChI is InChI=1S/C23H27F3O6/c1-10-7-12-13-8-14(24)17-18(25)15(28)5-6-20(17,3)22(13,26)16(29)9-21(12,4)23(10,19(30)31)32-11(2)27/h5-6,10,12-14,16,29H,7-9H2,1-4H3,(H,30,31)/t10-,12+,13+,14+,16+,20+,21+,22+,23+/m1/s1. The molecule has 0 amide bonds. The van der Waals surface area contributed by atoms with Gasteiger partial charge < -0.3 is 14.9 Å². The average molecular weight is 456 g/mol. The largest absolute Gasteiger partial charge is 0.478 e. The van der Waals surface area contributed by atoms with Crippen molar-refractivity contribution in [3.8, 4) is 0 Å². The van der Waals surface area contributed by atoms with Gasteiger partial charge in [-0.05, 0) is 38.2 Å². The van der Waals surface area contributed by atoms with E-state index in [0.717, 1.165) is 19.1 Å². The van der Waals surface area contributed by atoms with Gasteiger partial charge in [-0.3, -0.25) is 9.59 Å². The lowest BCUT2D eigenvalue weighted by Gasteiger charge is -2.62. The van der Waals surface area contributed by atoms with Crippen LogP contribution in [-0.4, -0.2) is 51.5 Å². The van der Waals surface area contributed by atoms with E-state index in [2.05, 4.69) is 0 Å². The zero-order valence-electron chi connectivity index (χ0n) is 18.3. The third-order valence-electron chi connectivity index (χ3n) is 8.87. The molecule has 0 aliphatic heterocycles. The lowest BCUT2D eigenvalue weighted by molar-refractivity contribution is -0.236. The Morgan fingerprint density at radius 1 is 1.22 bits per heavy atom. The summed E-state index contributed by atoms with van der Waals surface area (Å²) in [6.45, 7) is 5.46. The van der Waals surface area contributed by atoms with Gasteiger partial charge in [0, 0.05) is 35.2 Å². The van der Waals surface area contributed by atoms with E-state index in [4.69, 9.17) is 4.74 Å². The highest BCUT2D eigenvalue weighted by molar-refractivity contribution is 6.04. The molecule has 0 radical (unpaired) electrons. The van der Waals surface area contributed by atoms with E-state index in [9.17, 15) is 29.0 Å². The molecule has 9 atom stereocenters. The minimum atomic E-state index is -2.55. The van der Waals surface area contributed by atoms with Crippen molar-refractivity contribution in [1.82, 2.24) is 0 Å². The molecule has 4 aliphatic rings. The van der Waals surface area contributed by atoms with E-state index in [-0.39, 0.29) is 6.42 Å². The van der Waals surface area contributed by atoms with Gasteiger partial charge in [0.1, 0.15) is 6.17 Å². The number of halogens is 3. The summed E-state index contributed by atoms with van der Waals surface area (Å²) in [4.78, 5) is 36.2. The molecule has 0 spiro atoms. The van der Waals surface area contributed by atoms with Crippen molar-refractivity contribution in [2.24, 2.45) is 28.6 Å². The number of ketones is 1. The zero-order chi connectivity index (χ0) is 24.0. The van der Waals surface area contributed by atoms with Gasteiger partial charge in [-0.2, -0.15) is 0 Å². The van der Waals surface area contributed by atoms with Crippen molar-refractivity contribution in [2.75, 3.05) is 0 Å². The smallest absolute Gasteiger partial charge is 0.349 e. The average Bonchev–Trinajstić information content (AvgIpc) is 2.89. The van der Waals surface area contributed by atoms with Gasteiger partial charge in [0.25, 0.3) is 0 Å². The van der Waals surface area contributed by atoms with E-state index in [1.54, 1.807) is 6.92 Å². The molecule has 0 aromatic heterocycles. The molecule has 2 N–H and O–H groups in total. The number of fused-ring (bicyclic) bond motifs is 5. The number of ether oxygens (including phenoxy) is 1. The van der Waals surface area contributed by atoms with Crippen LogP contribution in [0.15, 0.2) is 23.6 Å². The Labute approximate surface area is 183 Å². The quantitative estimate of drug-likeness (QED) is 0.619. The lowest BCUT2D eigenvalue weighted by Crippen LogP contribution is -2.71. The Morgan fingerprint density at radius 3 is 2.41 bits per heavy atom. The number of carbonyl (C=O) groups is 3. The molecule has 3 fully saturated rings. The number of aliphatic hydroxyl groups excluding tert-OH is 1. The number of aliphatic hydroxyl groups is 1. The molecule has 176 valence electrons. The Hall–Kier alpha value is -2.16. The first-order valence-corrected chi connectivity index (χ1v) is 10.8. The van der Waals surface area contributed by atoms with Crippen molar-refractivity contribution in [3.05, 3.63) is 23.6 Å². The number of aliphatic carboxylic acids is 1. The molecule has 4 aliphatic carbocycles. The Morgan fingerprint density at radius 2 is 1.84 bits per heavy atom. The number of allylic oxidation sites excluding steroid dienone is 4. The van der Waals surface area contributed by atoms with Crippen LogP contribution in [0.25, 0.3) is 0 Å². The molecule has 6 nitrogen and oxygen atoms in total. The lowest BCUT2D eigenvalue weighted by atomic mass is 9.44. The molecule has 0 bridgehead atoms. The molecule has 0 unspecified atom stereocenters. The van der Waals surface area contributed by atoms with Gasteiger partial charge in [0.05, 0.1) is 6.10 Å². The number of carboxylic acid groups (broad SMARTS) is 1. The second kappa shape index (κ2) is 6.68. The zero-order valence-corrected chi connectivity index (χ0v) is 18.3. The van der Waals surface area contributed by atoms with Gasteiger partial charge in [-0.25, -0.2) is 18.0 Å². The van der Waals surface area contributed by atoms with Crippen molar-refractivity contribution in [2.45, 2.75) is 70.5 Å². The summed E-state index contributed by atoms with van der Waals surface area (Å²) in [6, 6.07) is 0. The van der Waals surface area contributed by atoms with Crippen molar-refractivity contribution in [3.63, 3.8) is 0 Å². The molecule has 3 saturated carbocycles. The SMILES string of the molecule is CC(=O)O[C@]1(C(=O)O)[C@H](C)C[C@H]2[C@@H]3C[C@H](F)C4=C(F)C(=O)C=C[C@]4(C)[C@@]3(F)[C@@H](O)C[C@@]21C. The summed E-state index contributed by atoms with van der Waals surface area (Å²) < 4.78 is 52.5. The van der Waals surface area contributed by atoms with Crippen LogP contribution in [0.3, 0.4) is 0 Å². The number of hydrogen-bond donors (Lipinski definition) is 2. The summed E-state index contributed by atoms with van der Waals surface area (Å²) in [7, 11) is 0. The normalized spacial score (nSPS) is 49.9. The van der Waals surface area contributed by atoms with Gasteiger partial charge in [0.15, 0.2) is 11.5 Å². The second-order valence-electron chi connectivity index (χ2n) is 10.2. The first-order chi connectivity index (χ1) is 14.7. The molecule has 32 heavy (non-hydrogen) atoms. The predicted octanol–water partition coefficient (Wildman–Crippen LogP) is 3.23. The van der Waals surface area contributed by atoms with E-state index in [1.165, 1.54) is 13.8 Å². The highest BCUT2D eigenvalue weighted by Gasteiger charge is 2.78. The highest BCUT2D eigenvalue weighted by Crippen LogP contribution is 2.71. The van der Waals surface area contributed by atoms with Gasteiger partial charge in [-0.1, -0.05) is 19.9 Å². The van der Waals surface area contributed by atoms with Crippen LogP contribution in [0.4, 0.5) is 13.2 Å². The number of alkyl halides is 2. The highest BCUT2D eigenvalue weighted by atomic mass is 19.2. The fourth-order valence-electron chi connectivity index (χ4n) is 7.56. The van der Waals surface area contributed by atoms with Crippen molar-refractivity contribution < 1.29 is 42.5 Å². The maximum absolute atomic E-state index is 17.0. The van der Waals surface area contributed by atoms with Crippen molar-refractivity contribution in [1.29, 1.82) is 0 Å². The molecular weight excluding hydrogens is 429 g/mol. The van der Waals surface area contributed by atoms with Crippen LogP contribution in [0.1, 0.15) is 47.0 Å². The Balaban J connectivity index is 1.91. The first-order valence-electron chi connectivity index (χ1n) is 10.8. The minimum Gasteiger partial charge on any atom is -0.478 e. The summed E-state index contributed by atoms with van der Waals surface area (Å²) in [5.74, 6) is -7.33. The molecule has 4 rings (SSSR count). The van der Waals surface area contributed by atoms with Crippen LogP contribution in [0.2, 0.25) is 0 Å². The third-order valence-corrected chi connectivity index (χ3v) is 8.87. The molecule has 0 aromatic carbocycles. The van der Waals surface area contributed by atoms with Crippen LogP contribution in [0, 0.1) is 28.6 Å². The van der Waals surface area contributed by atoms with E-state index in [0.29, 0.717) is 0 Å². The predicted molar refractivity (Wildman–Crippen MR) is 105 cm³/mol. The molecule has 0 saturated heterocycles. The van der Waals surface area contributed by atoms with Crippen LogP contribution in [-0.2, 0) is 19.1 Å². The Kier molecular flexibility index (Phi) is 4.81. The molecule has 0 heterocycles. The number of carboxylic acids is 1. The van der Waals surface area contributed by atoms with Crippen LogP contribution < -0.4 is 0 Å². The molecular formula is C23H27F3O6. The van der Waals surface area contributed by atoms with Crippen LogP contribution in [0.5, 0.6) is 0 Å². The van der Waals surface area contributed by atoms with E-state index >= 15 is 8.78 Å². The summed E-state index contributed by atoms with van der Waals surface area (Å²) >= 11 is 0. The van der Waals surface area contributed by atoms with Gasteiger partial charge in [0.2, 0.25) is 11.4 Å². The monoisotopic (exact) mass is 456 g/mol. The maximum atomic E-state index is 17.0. The third kappa shape index (κ3) is 2.38.